The van der Waals surface area contributed by atoms with Crippen LogP contribution in [0.5, 0.6) is 0 Å². The molecule has 0 heterocycles. The Kier molecular flexibility index (Phi) is 139. The summed E-state index contributed by atoms with van der Waals surface area (Å²) in [6.07, 6.45) is 0. The third-order valence-electron chi connectivity index (χ3n) is 0. The second-order valence-corrected chi connectivity index (χ2v) is 0. The molecule has 0 rings (SSSR count). The molecule has 0 N–H and O–H groups in total. The SMILES string of the molecule is C=C.[MgH2].[Ti]. The largest absolute Gasteiger partial charge is 0.316 e. The van der Waals surface area contributed by atoms with E-state index in [9.17, 15) is 0 Å². The Labute approximate surface area is 57.7 Å². The van der Waals surface area contributed by atoms with Crippen LogP contribution >= 0.6 is 0 Å². The van der Waals surface area contributed by atoms with Crippen molar-refractivity contribution < 1.29 is 21.7 Å². The van der Waals surface area contributed by atoms with Gasteiger partial charge in [-0.3, -0.25) is 0 Å². The van der Waals surface area contributed by atoms with Gasteiger partial charge in [0, 0.05) is 21.7 Å². The zero-order chi connectivity index (χ0) is 2.00. The molecule has 0 aliphatic heterocycles. The zero-order valence-corrected chi connectivity index (χ0v) is 3.48. The summed E-state index contributed by atoms with van der Waals surface area (Å²) < 4.78 is 0. The summed E-state index contributed by atoms with van der Waals surface area (Å²) in [5.74, 6) is 0. The fourth-order valence-corrected chi connectivity index (χ4v) is 0. The maximum atomic E-state index is 3.00. The van der Waals surface area contributed by atoms with Crippen LogP contribution in [0.2, 0.25) is 0 Å². The molecule has 0 aromatic rings. The Morgan fingerprint density at radius 2 is 1.00 bits per heavy atom. The molecule has 0 radical (unpaired) electrons. The molecule has 0 aromatic heterocycles. The third-order valence-corrected chi connectivity index (χ3v) is 0. The average molecular weight is 102 g/mol. The van der Waals surface area contributed by atoms with Crippen LogP contribution in [0.3, 0.4) is 0 Å². The van der Waals surface area contributed by atoms with E-state index < -0.39 is 0 Å². The summed E-state index contributed by atoms with van der Waals surface area (Å²) in [5, 5.41) is 0. The van der Waals surface area contributed by atoms with Crippen molar-refractivity contribution in [3.8, 4) is 0 Å². The van der Waals surface area contributed by atoms with Crippen molar-refractivity contribution >= 4 is 23.1 Å². The minimum Gasteiger partial charge on any atom is -0.106 e. The van der Waals surface area contributed by atoms with Crippen LogP contribution in [0.25, 0.3) is 0 Å². The fourth-order valence-electron chi connectivity index (χ4n) is 0. The predicted molar refractivity (Wildman–Crippen MR) is 19.8 cm³/mol. The van der Waals surface area contributed by atoms with E-state index in [1.54, 1.807) is 0 Å². The first-order valence-corrected chi connectivity index (χ1v) is 0.500. The summed E-state index contributed by atoms with van der Waals surface area (Å²) in [7, 11) is 0. The van der Waals surface area contributed by atoms with Gasteiger partial charge in [-0.2, -0.15) is 0 Å². The van der Waals surface area contributed by atoms with Gasteiger partial charge in [0.2, 0.25) is 0 Å². The van der Waals surface area contributed by atoms with Crippen LogP contribution in [0.1, 0.15) is 0 Å². The van der Waals surface area contributed by atoms with Gasteiger partial charge in [-0.05, 0) is 0 Å². The fraction of sp³-hybridized carbons (Fsp3) is 0. The van der Waals surface area contributed by atoms with Gasteiger partial charge in [0.15, 0.2) is 0 Å². The monoisotopic (exact) mass is 102 g/mol. The van der Waals surface area contributed by atoms with Crippen LogP contribution in [0.15, 0.2) is 13.2 Å². The van der Waals surface area contributed by atoms with Gasteiger partial charge in [0.05, 0.1) is 0 Å². The first-order chi connectivity index (χ1) is 1.00. The number of hydrogen-bond donors (Lipinski definition) is 0. The normalized spacial score (nSPS) is 1.00. The molecule has 0 unspecified atom stereocenters. The van der Waals surface area contributed by atoms with Gasteiger partial charge in [0.25, 0.3) is 0 Å². The van der Waals surface area contributed by atoms with E-state index in [1.807, 2.05) is 0 Å². The summed E-state index contributed by atoms with van der Waals surface area (Å²) in [6, 6.07) is 0. The molecule has 4 heavy (non-hydrogen) atoms. The van der Waals surface area contributed by atoms with Gasteiger partial charge in [-0.15, -0.1) is 13.2 Å². The van der Waals surface area contributed by atoms with Gasteiger partial charge < -0.3 is 0 Å². The Morgan fingerprint density at radius 1 is 1.00 bits per heavy atom. The Hall–Kier alpha value is 1.22. The predicted octanol–water partition coefficient (Wildman–Crippen LogP) is -0.117. The molecule has 0 nitrogen and oxygen atoms in total. The van der Waals surface area contributed by atoms with Crippen molar-refractivity contribution in [1.29, 1.82) is 0 Å². The molecule has 0 saturated carbocycles. The molecule has 0 aromatic carbocycles. The first-order valence-electron chi connectivity index (χ1n) is 0.500. The molecule has 0 spiro atoms. The maximum absolute atomic E-state index is 3.00. The third kappa shape index (κ3) is 10.7. The number of hydrogen-bond acceptors (Lipinski definition) is 0. The minimum absolute atomic E-state index is 0. The van der Waals surface area contributed by atoms with Crippen LogP contribution in [0.4, 0.5) is 0 Å². The van der Waals surface area contributed by atoms with Gasteiger partial charge in [0.1, 0.15) is 0 Å². The van der Waals surface area contributed by atoms with E-state index >= 15 is 0 Å². The smallest absolute Gasteiger partial charge is 0.106 e. The molecule has 20 valence electrons. The van der Waals surface area contributed by atoms with Crippen molar-refractivity contribution in [2.45, 2.75) is 0 Å². The second-order valence-electron chi connectivity index (χ2n) is 0. The van der Waals surface area contributed by atoms with E-state index in [0.717, 1.165) is 0 Å². The van der Waals surface area contributed by atoms with E-state index in [0.29, 0.717) is 0 Å². The van der Waals surface area contributed by atoms with Crippen LogP contribution in [-0.2, 0) is 21.7 Å². The Bertz CT molecular complexity index is 6.00. The summed E-state index contributed by atoms with van der Waals surface area (Å²) >= 11 is 0. The minimum atomic E-state index is 0. The number of rotatable bonds is 0. The van der Waals surface area contributed by atoms with Crippen LogP contribution in [-0.4, -0.2) is 23.1 Å². The van der Waals surface area contributed by atoms with Gasteiger partial charge in [-0.1, -0.05) is 0 Å². The van der Waals surface area contributed by atoms with Crippen LogP contribution in [0, 0.1) is 0 Å². The molecule has 2 heteroatoms. The standard InChI is InChI=1S/C2H4.Mg.Ti.2H/c1-2;;;;/h1-2H2;;;;. The summed E-state index contributed by atoms with van der Waals surface area (Å²) in [4.78, 5) is 0. The molecular weight excluding hydrogens is 96.2 g/mol. The molecule has 0 fully saturated rings. The molecule has 0 bridgehead atoms. The molecule has 0 saturated heterocycles. The van der Waals surface area contributed by atoms with Crippen molar-refractivity contribution in [3.63, 3.8) is 0 Å². The summed E-state index contributed by atoms with van der Waals surface area (Å²) in [6.45, 7) is 6.00. The van der Waals surface area contributed by atoms with Crippen LogP contribution < -0.4 is 0 Å². The molecular formula is C2H6MgTi. The molecule has 0 aliphatic rings. The Balaban J connectivity index is -0.00000000500. The first kappa shape index (κ1) is 18.9. The van der Waals surface area contributed by atoms with Gasteiger partial charge >= 0.3 is 23.1 Å². The van der Waals surface area contributed by atoms with E-state index in [2.05, 4.69) is 13.2 Å². The molecule has 0 aliphatic carbocycles. The second kappa shape index (κ2) is 29.4. The Morgan fingerprint density at radius 3 is 1.00 bits per heavy atom. The van der Waals surface area contributed by atoms with Gasteiger partial charge in [-0.25, -0.2) is 0 Å². The maximum Gasteiger partial charge on any atom is 0.316 e. The molecule has 0 amide bonds. The van der Waals surface area contributed by atoms with Crippen molar-refractivity contribution in [2.24, 2.45) is 0 Å². The molecule has 0 atom stereocenters. The van der Waals surface area contributed by atoms with E-state index in [1.165, 1.54) is 0 Å². The quantitative estimate of drug-likeness (QED) is 0.295. The topological polar surface area (TPSA) is 0 Å². The van der Waals surface area contributed by atoms with E-state index in [4.69, 9.17) is 0 Å². The van der Waals surface area contributed by atoms with Crippen molar-refractivity contribution in [1.82, 2.24) is 0 Å². The van der Waals surface area contributed by atoms with E-state index in [-0.39, 0.29) is 44.8 Å². The zero-order valence-electron chi connectivity index (χ0n) is 1.91. The van der Waals surface area contributed by atoms with Crippen molar-refractivity contribution in [3.05, 3.63) is 13.2 Å². The average Bonchev–Trinajstić information content (AvgIpc) is 1.00. The summed E-state index contributed by atoms with van der Waals surface area (Å²) in [5.41, 5.74) is 0. The van der Waals surface area contributed by atoms with Crippen molar-refractivity contribution in [2.75, 3.05) is 0 Å².